The zero-order valence-electron chi connectivity index (χ0n) is 12.3. The Bertz CT molecular complexity index is 367. The maximum absolute atomic E-state index is 9.75. The molecule has 0 aromatic carbocycles. The molecule has 0 aliphatic heterocycles. The van der Waals surface area contributed by atoms with Crippen LogP contribution in [0.4, 0.5) is 0 Å². The molecule has 0 spiro atoms. The van der Waals surface area contributed by atoms with Gasteiger partial charge in [-0.2, -0.15) is 0 Å². The third-order valence-corrected chi connectivity index (χ3v) is 2.87. The fourth-order valence-corrected chi connectivity index (χ4v) is 1.63. The van der Waals surface area contributed by atoms with Crippen molar-refractivity contribution in [3.05, 3.63) is 12.7 Å². The predicted octanol–water partition coefficient (Wildman–Crippen LogP) is 2.01. The van der Waals surface area contributed by atoms with E-state index in [9.17, 15) is 15.3 Å². The number of hydrogen-bond acceptors (Lipinski definition) is 3. The van der Waals surface area contributed by atoms with Crippen molar-refractivity contribution in [2.75, 3.05) is 0 Å². The monoisotopic (exact) mass is 278 g/mol. The standard InChI is InChI=1S/C17H26O3/c1-3-5-7-9-11-13-15(18)17(20)16(19)14-12-10-8-6-4-2/h3,15-20H,1,4-7,9,11,13H2,2H3/t15-,16+,17+/m0/s1. The van der Waals surface area contributed by atoms with Crippen LogP contribution in [0.25, 0.3) is 0 Å². The van der Waals surface area contributed by atoms with Crippen molar-refractivity contribution in [3.63, 3.8) is 0 Å². The first kappa shape index (κ1) is 18.7. The molecule has 0 aromatic heterocycles. The van der Waals surface area contributed by atoms with E-state index in [4.69, 9.17) is 0 Å². The molecule has 0 rings (SSSR count). The summed E-state index contributed by atoms with van der Waals surface area (Å²) in [6.07, 6.45) is 4.37. The molecule has 3 heteroatoms. The maximum atomic E-state index is 9.75. The van der Waals surface area contributed by atoms with Gasteiger partial charge in [0.05, 0.1) is 6.10 Å². The molecule has 0 unspecified atom stereocenters. The molecule has 0 heterocycles. The molecule has 0 aliphatic carbocycles. The summed E-state index contributed by atoms with van der Waals surface area (Å²) < 4.78 is 0. The van der Waals surface area contributed by atoms with Gasteiger partial charge in [-0.15, -0.1) is 6.58 Å². The van der Waals surface area contributed by atoms with Crippen molar-refractivity contribution in [2.24, 2.45) is 0 Å². The van der Waals surface area contributed by atoms with Gasteiger partial charge in [0.2, 0.25) is 0 Å². The molecule has 3 N–H and O–H groups in total. The van der Waals surface area contributed by atoms with E-state index < -0.39 is 18.3 Å². The summed E-state index contributed by atoms with van der Waals surface area (Å²) in [6.45, 7) is 5.66. The van der Waals surface area contributed by atoms with E-state index in [1.54, 1.807) is 0 Å². The number of hydrogen-bond donors (Lipinski definition) is 3. The van der Waals surface area contributed by atoms with Gasteiger partial charge in [-0.05, 0) is 37.5 Å². The van der Waals surface area contributed by atoms with E-state index in [1.165, 1.54) is 0 Å². The zero-order valence-corrected chi connectivity index (χ0v) is 12.3. The second-order valence-electron chi connectivity index (χ2n) is 4.75. The van der Waals surface area contributed by atoms with Crippen LogP contribution in [-0.2, 0) is 0 Å². The van der Waals surface area contributed by atoms with Crippen LogP contribution in [0.3, 0.4) is 0 Å². The Morgan fingerprint density at radius 3 is 2.50 bits per heavy atom. The van der Waals surface area contributed by atoms with Crippen molar-refractivity contribution in [1.29, 1.82) is 0 Å². The first-order valence-corrected chi connectivity index (χ1v) is 7.27. The zero-order chi connectivity index (χ0) is 15.2. The molecule has 20 heavy (non-hydrogen) atoms. The summed E-state index contributed by atoms with van der Waals surface area (Å²) in [5.41, 5.74) is 0. The van der Waals surface area contributed by atoms with Crippen molar-refractivity contribution in [3.8, 4) is 23.7 Å². The van der Waals surface area contributed by atoms with Crippen molar-refractivity contribution < 1.29 is 15.3 Å². The van der Waals surface area contributed by atoms with Gasteiger partial charge in [-0.25, -0.2) is 0 Å². The molecule has 3 nitrogen and oxygen atoms in total. The minimum Gasteiger partial charge on any atom is -0.390 e. The average molecular weight is 278 g/mol. The third-order valence-electron chi connectivity index (χ3n) is 2.87. The summed E-state index contributed by atoms with van der Waals surface area (Å²) >= 11 is 0. The number of rotatable bonds is 9. The van der Waals surface area contributed by atoms with E-state index in [0.29, 0.717) is 6.42 Å². The maximum Gasteiger partial charge on any atom is 0.144 e. The molecular weight excluding hydrogens is 252 g/mol. The van der Waals surface area contributed by atoms with Crippen LogP contribution in [0, 0.1) is 23.7 Å². The summed E-state index contributed by atoms with van der Waals surface area (Å²) in [4.78, 5) is 0. The van der Waals surface area contributed by atoms with Crippen LogP contribution < -0.4 is 0 Å². The van der Waals surface area contributed by atoms with E-state index in [2.05, 4.69) is 30.3 Å². The molecule has 0 radical (unpaired) electrons. The highest BCUT2D eigenvalue weighted by Crippen LogP contribution is 2.10. The second-order valence-corrected chi connectivity index (χ2v) is 4.75. The van der Waals surface area contributed by atoms with Crippen LogP contribution in [0.1, 0.15) is 51.9 Å². The van der Waals surface area contributed by atoms with Crippen LogP contribution in [0.15, 0.2) is 12.7 Å². The average Bonchev–Trinajstić information content (AvgIpc) is 2.45. The van der Waals surface area contributed by atoms with Crippen LogP contribution in [0.2, 0.25) is 0 Å². The fourth-order valence-electron chi connectivity index (χ4n) is 1.63. The highest BCUT2D eigenvalue weighted by molar-refractivity contribution is 5.27. The summed E-state index contributed by atoms with van der Waals surface area (Å²) in [7, 11) is 0. The molecule has 0 amide bonds. The summed E-state index contributed by atoms with van der Waals surface area (Å²) in [5, 5.41) is 29.1. The normalized spacial score (nSPS) is 14.2. The van der Waals surface area contributed by atoms with Crippen LogP contribution in [-0.4, -0.2) is 33.6 Å². The molecule has 0 fully saturated rings. The molecule has 0 aromatic rings. The summed E-state index contributed by atoms with van der Waals surface area (Å²) in [5.74, 6) is 10.4. The van der Waals surface area contributed by atoms with Crippen molar-refractivity contribution in [2.45, 2.75) is 70.2 Å². The van der Waals surface area contributed by atoms with Crippen molar-refractivity contribution in [1.82, 2.24) is 0 Å². The first-order chi connectivity index (χ1) is 9.63. The van der Waals surface area contributed by atoms with Gasteiger partial charge in [-0.1, -0.05) is 37.7 Å². The van der Waals surface area contributed by atoms with E-state index in [1.807, 2.05) is 13.0 Å². The third kappa shape index (κ3) is 9.64. The summed E-state index contributed by atoms with van der Waals surface area (Å²) in [6, 6.07) is 0. The lowest BCUT2D eigenvalue weighted by molar-refractivity contribution is -0.0415. The Morgan fingerprint density at radius 2 is 1.85 bits per heavy atom. The number of allylic oxidation sites excluding steroid dienone is 1. The van der Waals surface area contributed by atoms with Crippen molar-refractivity contribution >= 4 is 0 Å². The van der Waals surface area contributed by atoms with Crippen LogP contribution >= 0.6 is 0 Å². The Morgan fingerprint density at radius 1 is 1.10 bits per heavy atom. The van der Waals surface area contributed by atoms with Gasteiger partial charge in [0.15, 0.2) is 0 Å². The molecule has 3 atom stereocenters. The van der Waals surface area contributed by atoms with Gasteiger partial charge in [0.25, 0.3) is 0 Å². The highest BCUT2D eigenvalue weighted by Gasteiger charge is 2.22. The minimum atomic E-state index is -1.26. The number of aliphatic hydroxyl groups is 3. The van der Waals surface area contributed by atoms with Gasteiger partial charge in [0, 0.05) is 6.42 Å². The Hall–Kier alpha value is -1.26. The number of aliphatic hydroxyl groups excluding tert-OH is 3. The van der Waals surface area contributed by atoms with E-state index in [0.717, 1.165) is 38.5 Å². The molecule has 0 bridgehead atoms. The first-order valence-electron chi connectivity index (χ1n) is 7.27. The SMILES string of the molecule is C=CCCCCC[C@H](O)[C@@H](O)[C@H](O)C#CC#CCCC. The van der Waals surface area contributed by atoms with Gasteiger partial charge in [0.1, 0.15) is 12.2 Å². The number of unbranched alkanes of at least 4 members (excludes halogenated alkanes) is 4. The fraction of sp³-hybridized carbons (Fsp3) is 0.647. The minimum absolute atomic E-state index is 0.457. The smallest absolute Gasteiger partial charge is 0.144 e. The predicted molar refractivity (Wildman–Crippen MR) is 81.8 cm³/mol. The molecule has 0 aliphatic rings. The largest absolute Gasteiger partial charge is 0.390 e. The van der Waals surface area contributed by atoms with E-state index >= 15 is 0 Å². The highest BCUT2D eigenvalue weighted by atomic mass is 16.4. The Kier molecular flexibility index (Phi) is 12.0. The lowest BCUT2D eigenvalue weighted by Gasteiger charge is -2.19. The van der Waals surface area contributed by atoms with Gasteiger partial charge < -0.3 is 15.3 Å². The molecule has 0 saturated carbocycles. The van der Waals surface area contributed by atoms with E-state index in [-0.39, 0.29) is 0 Å². The lowest BCUT2D eigenvalue weighted by atomic mass is 10.0. The quantitative estimate of drug-likeness (QED) is 0.343. The van der Waals surface area contributed by atoms with Crippen LogP contribution in [0.5, 0.6) is 0 Å². The topological polar surface area (TPSA) is 60.7 Å². The van der Waals surface area contributed by atoms with Gasteiger partial charge in [-0.3, -0.25) is 0 Å². The molecular formula is C17H26O3. The second kappa shape index (κ2) is 12.8. The Balaban J connectivity index is 4.00. The molecule has 0 saturated heterocycles. The Labute approximate surface area is 122 Å². The molecule has 112 valence electrons. The lowest BCUT2D eigenvalue weighted by Crippen LogP contribution is -2.36. The van der Waals surface area contributed by atoms with Gasteiger partial charge >= 0.3 is 0 Å².